The molecule has 4 nitrogen and oxygen atoms in total. The third-order valence-corrected chi connectivity index (χ3v) is 7.94. The minimum Gasteiger partial charge on any atom is -0.296 e. The van der Waals surface area contributed by atoms with Crippen molar-refractivity contribution in [3.05, 3.63) is 154 Å². The smallest absolute Gasteiger partial charge is 0.178 e. The van der Waals surface area contributed by atoms with E-state index in [0.29, 0.717) is 18.9 Å². The van der Waals surface area contributed by atoms with Gasteiger partial charge in [0, 0.05) is 17.2 Å². The maximum atomic E-state index is 4.76. The number of allylic oxidation sites excluding steroid dienone is 8. The van der Waals surface area contributed by atoms with Crippen LogP contribution in [-0.4, -0.2) is 30.8 Å². The number of hydrogen-bond donors (Lipinski definition) is 0. The first-order valence-corrected chi connectivity index (χ1v) is 13.6. The lowest BCUT2D eigenvalue weighted by molar-refractivity contribution is 0.439. The predicted molar refractivity (Wildman–Crippen MR) is 169 cm³/mol. The Bertz CT molecular complexity index is 1670. The van der Waals surface area contributed by atoms with E-state index in [1.54, 1.807) is 0 Å². The molecule has 6 rings (SSSR count). The summed E-state index contributed by atoms with van der Waals surface area (Å²) in [4.78, 5) is 8.49. The summed E-state index contributed by atoms with van der Waals surface area (Å²) >= 11 is 0. The van der Waals surface area contributed by atoms with E-state index >= 15 is 0 Å². The summed E-state index contributed by atoms with van der Waals surface area (Å²) in [5, 5.41) is 6.63. The molecule has 196 valence electrons. The van der Waals surface area contributed by atoms with E-state index in [4.69, 9.17) is 5.10 Å². The molecule has 1 heterocycles. The summed E-state index contributed by atoms with van der Waals surface area (Å²) in [5.74, 6) is 0.579. The summed E-state index contributed by atoms with van der Waals surface area (Å²) in [7, 11) is 0. The van der Waals surface area contributed by atoms with E-state index in [-0.39, 0.29) is 5.41 Å². The fourth-order valence-electron chi connectivity index (χ4n) is 6.00. The van der Waals surface area contributed by atoms with Gasteiger partial charge in [-0.3, -0.25) is 10.0 Å². The zero-order chi connectivity index (χ0) is 27.5. The second-order valence-corrected chi connectivity index (χ2v) is 10.4. The highest BCUT2D eigenvalue weighted by Crippen LogP contribution is 2.54. The van der Waals surface area contributed by atoms with Crippen molar-refractivity contribution in [2.45, 2.75) is 25.3 Å². The Kier molecular flexibility index (Phi) is 6.83. The number of benzene rings is 3. The van der Waals surface area contributed by atoms with E-state index in [0.717, 1.165) is 23.1 Å². The molecule has 1 unspecified atom stereocenters. The first-order valence-electron chi connectivity index (χ1n) is 13.6. The molecule has 3 aliphatic rings. The minimum absolute atomic E-state index is 0.264. The molecule has 0 fully saturated rings. The van der Waals surface area contributed by atoms with Gasteiger partial charge in [0.25, 0.3) is 0 Å². The molecule has 0 spiro atoms. The molecule has 0 saturated heterocycles. The lowest BCUT2D eigenvalue weighted by atomic mass is 9.73. The molecule has 4 heteroatoms. The summed E-state index contributed by atoms with van der Waals surface area (Å²) in [6, 6.07) is 26.1. The van der Waals surface area contributed by atoms with Gasteiger partial charge in [0.1, 0.15) is 0 Å². The highest BCUT2D eigenvalue weighted by atomic mass is 15.5. The molecule has 1 aliphatic heterocycles. The number of nitrogens with zero attached hydrogens (tertiary/aromatic N) is 4. The molecule has 0 saturated carbocycles. The van der Waals surface area contributed by atoms with Crippen molar-refractivity contribution in [1.29, 1.82) is 0 Å². The van der Waals surface area contributed by atoms with E-state index in [9.17, 15) is 0 Å². The van der Waals surface area contributed by atoms with Crippen molar-refractivity contribution in [3.63, 3.8) is 0 Å². The second-order valence-electron chi connectivity index (χ2n) is 10.4. The summed E-state index contributed by atoms with van der Waals surface area (Å²) < 4.78 is 0. The van der Waals surface area contributed by atoms with E-state index < -0.39 is 0 Å². The summed E-state index contributed by atoms with van der Waals surface area (Å²) in [6.45, 7) is 11.1. The Balaban J connectivity index is 1.49. The lowest BCUT2D eigenvalue weighted by Crippen LogP contribution is -2.22. The van der Waals surface area contributed by atoms with Crippen molar-refractivity contribution in [2.75, 3.05) is 6.54 Å². The Labute approximate surface area is 236 Å². The first kappa shape index (κ1) is 25.4. The van der Waals surface area contributed by atoms with Gasteiger partial charge in [-0.15, -0.1) is 0 Å². The van der Waals surface area contributed by atoms with Gasteiger partial charge in [0.2, 0.25) is 0 Å². The largest absolute Gasteiger partial charge is 0.296 e. The van der Waals surface area contributed by atoms with Crippen LogP contribution in [0.25, 0.3) is 11.1 Å². The number of rotatable bonds is 6. The highest BCUT2D eigenvalue weighted by molar-refractivity contribution is 6.03. The van der Waals surface area contributed by atoms with Crippen LogP contribution in [0.15, 0.2) is 136 Å². The minimum atomic E-state index is -0.264. The van der Waals surface area contributed by atoms with Gasteiger partial charge in [-0.2, -0.15) is 5.10 Å². The molecule has 40 heavy (non-hydrogen) atoms. The number of hydrazone groups is 1. The van der Waals surface area contributed by atoms with Crippen LogP contribution in [-0.2, 0) is 12.0 Å². The molecule has 0 amide bonds. The molecular formula is C36H32N4. The van der Waals surface area contributed by atoms with Crippen molar-refractivity contribution in [2.24, 2.45) is 15.1 Å². The molecule has 0 bridgehead atoms. The van der Waals surface area contributed by atoms with Crippen LogP contribution in [0, 0.1) is 0 Å². The standard InChI is InChI=1S/C36H32N4/c1-36(30-14-6-4-7-15-30)33-18-9-8-16-31(33)32-17-12-13-27(24-34(32)36)28-21-26(25-37-2)22-29(23-28)35(38-3)39-40-19-10-5-11-20-40/h4-11,13-19,21-24H,2-3,12,20,25H2,1H3/b39-35-. The average Bonchev–Trinajstić information content (AvgIpc) is 3.12. The lowest BCUT2D eigenvalue weighted by Gasteiger charge is -2.29. The van der Waals surface area contributed by atoms with E-state index in [2.05, 4.69) is 127 Å². The zero-order valence-electron chi connectivity index (χ0n) is 22.8. The van der Waals surface area contributed by atoms with Gasteiger partial charge in [-0.05, 0) is 102 Å². The Morgan fingerprint density at radius 1 is 0.950 bits per heavy atom. The monoisotopic (exact) mass is 520 g/mol. The fourth-order valence-corrected chi connectivity index (χ4v) is 6.00. The molecular weight excluding hydrogens is 488 g/mol. The van der Waals surface area contributed by atoms with Gasteiger partial charge in [-0.1, -0.05) is 78.9 Å². The number of amidine groups is 1. The van der Waals surface area contributed by atoms with Gasteiger partial charge in [0.15, 0.2) is 5.84 Å². The van der Waals surface area contributed by atoms with Crippen molar-refractivity contribution >= 4 is 30.4 Å². The molecule has 1 atom stereocenters. The van der Waals surface area contributed by atoms with Crippen LogP contribution in [0.4, 0.5) is 0 Å². The first-order chi connectivity index (χ1) is 19.6. The predicted octanol–water partition coefficient (Wildman–Crippen LogP) is 7.75. The fraction of sp³-hybridized carbons (Fsp3) is 0.139. The maximum absolute atomic E-state index is 4.76. The van der Waals surface area contributed by atoms with Gasteiger partial charge in [-0.25, -0.2) is 4.99 Å². The average molecular weight is 521 g/mol. The van der Waals surface area contributed by atoms with Gasteiger partial charge >= 0.3 is 0 Å². The van der Waals surface area contributed by atoms with Gasteiger partial charge < -0.3 is 0 Å². The normalized spacial score (nSPS) is 19.7. The molecule has 3 aromatic rings. The zero-order valence-corrected chi connectivity index (χ0v) is 22.8. The number of hydrogen-bond acceptors (Lipinski definition) is 3. The molecule has 0 radical (unpaired) electrons. The quantitative estimate of drug-likeness (QED) is 0.242. The van der Waals surface area contributed by atoms with E-state index in [1.165, 1.54) is 33.4 Å². The van der Waals surface area contributed by atoms with Crippen molar-refractivity contribution < 1.29 is 0 Å². The number of aliphatic imine (C=N–C) groups is 2. The SMILES string of the molecule is C=NCc1cc(C2=CCC=C3C(=C2)C(C)(c2ccccc2)c2ccccc23)cc(/C(N=C)=N/N2C=CC=CC2)c1. The third-order valence-electron chi connectivity index (χ3n) is 7.94. The van der Waals surface area contributed by atoms with Crippen LogP contribution in [0.3, 0.4) is 0 Å². The maximum Gasteiger partial charge on any atom is 0.178 e. The van der Waals surface area contributed by atoms with E-state index in [1.807, 2.05) is 23.4 Å². The Hall–Kier alpha value is -4.83. The topological polar surface area (TPSA) is 40.3 Å². The van der Waals surface area contributed by atoms with Crippen molar-refractivity contribution in [3.8, 4) is 0 Å². The van der Waals surface area contributed by atoms with Crippen LogP contribution in [0.1, 0.15) is 46.7 Å². The van der Waals surface area contributed by atoms with Crippen LogP contribution in [0.5, 0.6) is 0 Å². The van der Waals surface area contributed by atoms with Crippen LogP contribution < -0.4 is 0 Å². The summed E-state index contributed by atoms with van der Waals surface area (Å²) in [5.41, 5.74) is 10.6. The second kappa shape index (κ2) is 10.7. The number of fused-ring (bicyclic) bond motifs is 3. The third kappa shape index (κ3) is 4.52. The molecule has 3 aromatic carbocycles. The highest BCUT2D eigenvalue weighted by Gasteiger charge is 2.43. The Morgan fingerprint density at radius 3 is 2.55 bits per heavy atom. The van der Waals surface area contributed by atoms with Crippen molar-refractivity contribution in [1.82, 2.24) is 5.01 Å². The molecule has 2 aliphatic carbocycles. The summed E-state index contributed by atoms with van der Waals surface area (Å²) in [6.07, 6.45) is 15.9. The van der Waals surface area contributed by atoms with Crippen LogP contribution >= 0.6 is 0 Å². The Morgan fingerprint density at radius 2 is 1.77 bits per heavy atom. The van der Waals surface area contributed by atoms with Gasteiger partial charge in [0.05, 0.1) is 13.1 Å². The molecule has 0 N–H and O–H groups in total. The van der Waals surface area contributed by atoms with Crippen LogP contribution in [0.2, 0.25) is 0 Å². The molecule has 0 aromatic heterocycles.